The fourth-order valence-electron chi connectivity index (χ4n) is 2.95. The van der Waals surface area contributed by atoms with Crippen LogP contribution in [-0.2, 0) is 9.53 Å². The molecule has 1 unspecified atom stereocenters. The van der Waals surface area contributed by atoms with Crippen molar-refractivity contribution in [2.75, 3.05) is 26.7 Å². The summed E-state index contributed by atoms with van der Waals surface area (Å²) >= 11 is 0. The van der Waals surface area contributed by atoms with E-state index in [-0.39, 0.29) is 18.0 Å². The number of piperazine rings is 1. The molecule has 3 amide bonds. The van der Waals surface area contributed by atoms with Gasteiger partial charge in [-0.25, -0.2) is 14.4 Å². The molecule has 1 aliphatic heterocycles. The van der Waals surface area contributed by atoms with Crippen LogP contribution < -0.4 is 0 Å². The number of carboxylic acid groups (broad SMARTS) is 1. The lowest BCUT2D eigenvalue weighted by atomic mass is 10.0. The molecule has 8 nitrogen and oxygen atoms in total. The Labute approximate surface area is 149 Å². The summed E-state index contributed by atoms with van der Waals surface area (Å²) in [5.41, 5.74) is -0.570. The normalized spacial score (nSPS) is 19.6. The highest BCUT2D eigenvalue weighted by molar-refractivity contribution is 5.83. The first-order chi connectivity index (χ1) is 11.3. The Balaban J connectivity index is 2.75. The van der Waals surface area contributed by atoms with Crippen LogP contribution in [0.25, 0.3) is 0 Å². The lowest BCUT2D eigenvalue weighted by molar-refractivity contribution is -0.143. The molecule has 1 rings (SSSR count). The third-order valence-corrected chi connectivity index (χ3v) is 4.13. The first kappa shape index (κ1) is 21.1. The smallest absolute Gasteiger partial charge is 0.410 e. The van der Waals surface area contributed by atoms with Crippen LogP contribution >= 0.6 is 0 Å². The fourth-order valence-corrected chi connectivity index (χ4v) is 2.95. The van der Waals surface area contributed by atoms with E-state index in [2.05, 4.69) is 0 Å². The Morgan fingerprint density at radius 3 is 2.16 bits per heavy atom. The van der Waals surface area contributed by atoms with E-state index in [0.29, 0.717) is 19.6 Å². The van der Waals surface area contributed by atoms with Crippen molar-refractivity contribution >= 4 is 18.1 Å². The van der Waals surface area contributed by atoms with E-state index in [9.17, 15) is 19.5 Å². The summed E-state index contributed by atoms with van der Waals surface area (Å²) in [6.07, 6.45) is -0.398. The largest absolute Gasteiger partial charge is 0.480 e. The minimum Gasteiger partial charge on any atom is -0.480 e. The van der Waals surface area contributed by atoms with Crippen LogP contribution in [0.4, 0.5) is 9.59 Å². The quantitative estimate of drug-likeness (QED) is 0.835. The number of urea groups is 1. The lowest BCUT2D eigenvalue weighted by Gasteiger charge is -2.42. The lowest BCUT2D eigenvalue weighted by Crippen LogP contribution is -2.60. The van der Waals surface area contributed by atoms with Crippen molar-refractivity contribution in [3.05, 3.63) is 0 Å². The van der Waals surface area contributed by atoms with Crippen molar-refractivity contribution in [2.45, 2.75) is 59.2 Å². The number of hydrogen-bond donors (Lipinski definition) is 1. The van der Waals surface area contributed by atoms with E-state index in [4.69, 9.17) is 4.74 Å². The minimum absolute atomic E-state index is 0.204. The Hall–Kier alpha value is -1.99. The monoisotopic (exact) mass is 357 g/mol. The summed E-state index contributed by atoms with van der Waals surface area (Å²) in [7, 11) is 1.51. The third-order valence-electron chi connectivity index (χ3n) is 4.13. The Morgan fingerprint density at radius 1 is 1.20 bits per heavy atom. The topological polar surface area (TPSA) is 90.4 Å². The van der Waals surface area contributed by atoms with Gasteiger partial charge in [0.25, 0.3) is 0 Å². The maximum absolute atomic E-state index is 12.7. The zero-order chi connectivity index (χ0) is 19.5. The van der Waals surface area contributed by atoms with Crippen molar-refractivity contribution in [3.8, 4) is 0 Å². The number of ether oxygens (including phenoxy) is 1. The molecule has 1 fully saturated rings. The number of carboxylic acids is 1. The second kappa shape index (κ2) is 7.93. The van der Waals surface area contributed by atoms with Crippen LogP contribution in [0.1, 0.15) is 41.5 Å². The van der Waals surface area contributed by atoms with E-state index in [0.717, 1.165) is 0 Å². The van der Waals surface area contributed by atoms with Crippen LogP contribution in [0.2, 0.25) is 0 Å². The molecule has 144 valence electrons. The summed E-state index contributed by atoms with van der Waals surface area (Å²) in [6.45, 7) is 11.9. The van der Waals surface area contributed by atoms with E-state index < -0.39 is 23.7 Å². The first-order valence-corrected chi connectivity index (χ1v) is 8.59. The van der Waals surface area contributed by atoms with E-state index in [1.165, 1.54) is 11.9 Å². The van der Waals surface area contributed by atoms with Crippen molar-refractivity contribution in [1.82, 2.24) is 14.7 Å². The second-order valence-electron chi connectivity index (χ2n) is 7.89. The summed E-state index contributed by atoms with van der Waals surface area (Å²) in [5.74, 6) is -1.23. The number of rotatable bonds is 3. The predicted octanol–water partition coefficient (Wildman–Crippen LogP) is 2.09. The van der Waals surface area contributed by atoms with Gasteiger partial charge in [-0.2, -0.15) is 0 Å². The highest BCUT2D eigenvalue weighted by Gasteiger charge is 2.37. The summed E-state index contributed by atoms with van der Waals surface area (Å²) in [5, 5.41) is 9.37. The van der Waals surface area contributed by atoms with Gasteiger partial charge in [0.05, 0.1) is 0 Å². The number of aliphatic carboxylic acids is 1. The molecule has 2 atom stereocenters. The van der Waals surface area contributed by atoms with Crippen LogP contribution in [0, 0.1) is 5.92 Å². The van der Waals surface area contributed by atoms with Crippen molar-refractivity contribution in [1.29, 1.82) is 0 Å². The zero-order valence-electron chi connectivity index (χ0n) is 16.3. The Morgan fingerprint density at radius 2 is 1.76 bits per heavy atom. The molecule has 0 aliphatic carbocycles. The standard InChI is InChI=1S/C17H31N3O5/c1-11(2)13(14(21)22)18(7)15(23)20-9-8-19(10-12(20)3)16(24)25-17(4,5)6/h11-13H,8-10H2,1-7H3,(H,21,22)/t12?,13-/m0/s1. The molecular weight excluding hydrogens is 326 g/mol. The van der Waals surface area contributed by atoms with Gasteiger partial charge in [0, 0.05) is 32.7 Å². The van der Waals surface area contributed by atoms with Crippen LogP contribution in [0.5, 0.6) is 0 Å². The number of hydrogen-bond acceptors (Lipinski definition) is 4. The molecule has 0 bridgehead atoms. The average Bonchev–Trinajstić information content (AvgIpc) is 2.43. The molecule has 25 heavy (non-hydrogen) atoms. The van der Waals surface area contributed by atoms with Gasteiger partial charge in [0.1, 0.15) is 11.6 Å². The first-order valence-electron chi connectivity index (χ1n) is 8.59. The molecule has 1 heterocycles. The Bertz CT molecular complexity index is 515. The molecule has 0 aromatic heterocycles. The highest BCUT2D eigenvalue weighted by atomic mass is 16.6. The molecule has 1 aliphatic rings. The van der Waals surface area contributed by atoms with Gasteiger partial charge < -0.3 is 24.5 Å². The molecule has 0 saturated carbocycles. The van der Waals surface area contributed by atoms with Crippen molar-refractivity contribution in [3.63, 3.8) is 0 Å². The molecule has 0 aromatic rings. The molecule has 0 aromatic carbocycles. The number of nitrogens with zero attached hydrogens (tertiary/aromatic N) is 3. The van der Waals surface area contributed by atoms with Crippen molar-refractivity contribution < 1.29 is 24.2 Å². The average molecular weight is 357 g/mol. The number of carbonyl (C=O) groups excluding carboxylic acids is 2. The molecule has 1 saturated heterocycles. The number of likely N-dealkylation sites (N-methyl/N-ethyl adjacent to an activating group) is 1. The third kappa shape index (κ3) is 5.51. The molecular formula is C17H31N3O5. The number of carbonyl (C=O) groups is 3. The minimum atomic E-state index is -1.02. The molecule has 0 spiro atoms. The highest BCUT2D eigenvalue weighted by Crippen LogP contribution is 2.18. The summed E-state index contributed by atoms with van der Waals surface area (Å²) < 4.78 is 5.37. The van der Waals surface area contributed by atoms with Gasteiger partial charge in [-0.1, -0.05) is 13.8 Å². The predicted molar refractivity (Wildman–Crippen MR) is 93.4 cm³/mol. The van der Waals surface area contributed by atoms with Crippen LogP contribution in [0.15, 0.2) is 0 Å². The molecule has 8 heteroatoms. The van der Waals surface area contributed by atoms with Crippen LogP contribution in [-0.4, -0.2) is 82.3 Å². The molecule has 1 N–H and O–H groups in total. The second-order valence-corrected chi connectivity index (χ2v) is 7.89. The van der Waals surface area contributed by atoms with Gasteiger partial charge in [-0.3, -0.25) is 0 Å². The van der Waals surface area contributed by atoms with Gasteiger partial charge in [-0.05, 0) is 33.6 Å². The summed E-state index contributed by atoms with van der Waals surface area (Å²) in [6, 6.07) is -1.45. The summed E-state index contributed by atoms with van der Waals surface area (Å²) in [4.78, 5) is 40.8. The maximum atomic E-state index is 12.7. The Kier molecular flexibility index (Phi) is 6.68. The molecule has 0 radical (unpaired) electrons. The van der Waals surface area contributed by atoms with Gasteiger partial charge in [0.15, 0.2) is 0 Å². The van der Waals surface area contributed by atoms with Crippen molar-refractivity contribution in [2.24, 2.45) is 5.92 Å². The van der Waals surface area contributed by atoms with Gasteiger partial charge >= 0.3 is 18.1 Å². The van der Waals surface area contributed by atoms with E-state index >= 15 is 0 Å². The zero-order valence-corrected chi connectivity index (χ0v) is 16.3. The SMILES string of the molecule is CC(C)[C@@H](C(=O)O)N(C)C(=O)N1CCN(C(=O)OC(C)(C)C)CC1C. The van der Waals surface area contributed by atoms with E-state index in [1.807, 2.05) is 6.92 Å². The van der Waals surface area contributed by atoms with E-state index in [1.54, 1.807) is 44.4 Å². The van der Waals surface area contributed by atoms with Gasteiger partial charge in [0.2, 0.25) is 0 Å². The van der Waals surface area contributed by atoms with Gasteiger partial charge in [-0.15, -0.1) is 0 Å². The fraction of sp³-hybridized carbons (Fsp3) is 0.824. The maximum Gasteiger partial charge on any atom is 0.410 e. The number of amides is 3. The van der Waals surface area contributed by atoms with Crippen LogP contribution in [0.3, 0.4) is 0 Å².